The van der Waals surface area contributed by atoms with Gasteiger partial charge in [-0.1, -0.05) is 64.5 Å². The van der Waals surface area contributed by atoms with Gasteiger partial charge in [-0.05, 0) is 41.5 Å². The molecular weight excluding hydrogens is 369 g/mol. The molecule has 0 aliphatic rings. The second-order valence-corrected chi connectivity index (χ2v) is 6.29. The van der Waals surface area contributed by atoms with Crippen LogP contribution in [0.4, 0.5) is 4.39 Å². The molecule has 0 saturated carbocycles. The number of carbonyl (C=O) groups is 1. The fourth-order valence-electron chi connectivity index (χ4n) is 2.50. The zero-order valence-corrected chi connectivity index (χ0v) is 14.3. The quantitative estimate of drug-likeness (QED) is 0.666. The molecule has 0 unspecified atom stereocenters. The zero-order chi connectivity index (χ0) is 16.9. The van der Waals surface area contributed by atoms with Gasteiger partial charge in [0.2, 0.25) is 0 Å². The van der Waals surface area contributed by atoms with Crippen LogP contribution in [0.2, 0.25) is 0 Å². The Bertz CT molecular complexity index is 834. The summed E-state index contributed by atoms with van der Waals surface area (Å²) < 4.78 is 14.3. The standard InChI is InChI=1S/C20H15BrFNO/c21-17-11-9-15(10-12-17)19(14-5-2-1-3-6-14)23-20(24)16-7-4-8-18(22)13-16/h1-13,19H,(H,23,24)/t19-/m0/s1. The minimum Gasteiger partial charge on any atom is -0.341 e. The lowest BCUT2D eigenvalue weighted by Gasteiger charge is -2.20. The minimum atomic E-state index is -0.428. The highest BCUT2D eigenvalue weighted by atomic mass is 79.9. The number of nitrogens with one attached hydrogen (secondary N) is 1. The van der Waals surface area contributed by atoms with Crippen molar-refractivity contribution >= 4 is 21.8 Å². The first kappa shape index (κ1) is 16.4. The van der Waals surface area contributed by atoms with E-state index in [0.717, 1.165) is 15.6 Å². The predicted molar refractivity (Wildman–Crippen MR) is 96.3 cm³/mol. The molecule has 4 heteroatoms. The third kappa shape index (κ3) is 3.89. The van der Waals surface area contributed by atoms with Crippen molar-refractivity contribution in [1.82, 2.24) is 5.32 Å². The molecule has 2 nitrogen and oxygen atoms in total. The Labute approximate surface area is 148 Å². The molecule has 0 saturated heterocycles. The Hall–Kier alpha value is -2.46. The van der Waals surface area contributed by atoms with Crippen molar-refractivity contribution in [1.29, 1.82) is 0 Å². The van der Waals surface area contributed by atoms with Crippen LogP contribution < -0.4 is 5.32 Å². The van der Waals surface area contributed by atoms with Gasteiger partial charge in [0.05, 0.1) is 6.04 Å². The van der Waals surface area contributed by atoms with Gasteiger partial charge in [-0.2, -0.15) is 0 Å². The number of hydrogen-bond acceptors (Lipinski definition) is 1. The normalized spacial score (nSPS) is 11.8. The third-order valence-corrected chi connectivity index (χ3v) is 4.23. The largest absolute Gasteiger partial charge is 0.341 e. The van der Waals surface area contributed by atoms with E-state index >= 15 is 0 Å². The number of rotatable bonds is 4. The topological polar surface area (TPSA) is 29.1 Å². The van der Waals surface area contributed by atoms with E-state index in [-0.39, 0.29) is 11.9 Å². The molecule has 0 aromatic heterocycles. The van der Waals surface area contributed by atoms with E-state index in [9.17, 15) is 9.18 Å². The summed E-state index contributed by atoms with van der Waals surface area (Å²) in [6.45, 7) is 0. The smallest absolute Gasteiger partial charge is 0.252 e. The molecular formula is C20H15BrFNO. The van der Waals surface area contributed by atoms with Crippen molar-refractivity contribution in [3.8, 4) is 0 Å². The molecule has 3 aromatic rings. The summed E-state index contributed by atoms with van der Waals surface area (Å²) in [5, 5.41) is 2.99. The zero-order valence-electron chi connectivity index (χ0n) is 12.7. The Morgan fingerprint density at radius 2 is 1.54 bits per heavy atom. The third-order valence-electron chi connectivity index (χ3n) is 3.70. The second-order valence-electron chi connectivity index (χ2n) is 5.38. The van der Waals surface area contributed by atoms with Crippen molar-refractivity contribution in [2.75, 3.05) is 0 Å². The van der Waals surface area contributed by atoms with Gasteiger partial charge in [-0.25, -0.2) is 4.39 Å². The summed E-state index contributed by atoms with van der Waals surface area (Å²) in [6, 6.07) is 22.8. The number of hydrogen-bond donors (Lipinski definition) is 1. The summed E-state index contributed by atoms with van der Waals surface area (Å²) in [7, 11) is 0. The van der Waals surface area contributed by atoms with E-state index in [1.54, 1.807) is 6.07 Å². The van der Waals surface area contributed by atoms with Crippen LogP contribution in [-0.2, 0) is 0 Å². The highest BCUT2D eigenvalue weighted by Crippen LogP contribution is 2.24. The summed E-state index contributed by atoms with van der Waals surface area (Å²) in [6.07, 6.45) is 0. The van der Waals surface area contributed by atoms with Crippen LogP contribution in [-0.4, -0.2) is 5.91 Å². The molecule has 3 aromatic carbocycles. The Morgan fingerprint density at radius 3 is 2.21 bits per heavy atom. The Morgan fingerprint density at radius 1 is 0.875 bits per heavy atom. The summed E-state index contributed by atoms with van der Waals surface area (Å²) >= 11 is 3.42. The first-order valence-electron chi connectivity index (χ1n) is 7.50. The van der Waals surface area contributed by atoms with Crippen LogP contribution in [0.15, 0.2) is 83.3 Å². The second kappa shape index (κ2) is 7.41. The molecule has 1 atom stereocenters. The molecule has 0 bridgehead atoms. The maximum absolute atomic E-state index is 13.4. The average molecular weight is 384 g/mol. The molecule has 24 heavy (non-hydrogen) atoms. The lowest BCUT2D eigenvalue weighted by molar-refractivity contribution is 0.0942. The van der Waals surface area contributed by atoms with Gasteiger partial charge in [0.25, 0.3) is 5.91 Å². The van der Waals surface area contributed by atoms with E-state index in [1.165, 1.54) is 18.2 Å². The molecule has 120 valence electrons. The van der Waals surface area contributed by atoms with Gasteiger partial charge < -0.3 is 5.32 Å². The number of halogens is 2. The van der Waals surface area contributed by atoms with Crippen LogP contribution in [0.25, 0.3) is 0 Å². The van der Waals surface area contributed by atoms with Gasteiger partial charge in [-0.3, -0.25) is 4.79 Å². The van der Waals surface area contributed by atoms with Gasteiger partial charge in [0, 0.05) is 10.0 Å². The molecule has 1 N–H and O–H groups in total. The van der Waals surface area contributed by atoms with E-state index in [1.807, 2.05) is 54.6 Å². The lowest BCUT2D eigenvalue weighted by Crippen LogP contribution is -2.29. The van der Waals surface area contributed by atoms with Crippen molar-refractivity contribution in [3.63, 3.8) is 0 Å². The molecule has 0 aliphatic heterocycles. The summed E-state index contributed by atoms with van der Waals surface area (Å²) in [4.78, 5) is 12.5. The number of carbonyl (C=O) groups excluding carboxylic acids is 1. The average Bonchev–Trinajstić information content (AvgIpc) is 2.61. The van der Waals surface area contributed by atoms with Crippen molar-refractivity contribution in [2.45, 2.75) is 6.04 Å². The maximum atomic E-state index is 13.4. The SMILES string of the molecule is O=C(N[C@@H](c1ccccc1)c1ccc(Br)cc1)c1cccc(F)c1. The molecule has 0 fully saturated rings. The summed E-state index contributed by atoms with van der Waals surface area (Å²) in [5.74, 6) is -0.742. The van der Waals surface area contributed by atoms with Crippen molar-refractivity contribution < 1.29 is 9.18 Å². The van der Waals surface area contributed by atoms with E-state index in [4.69, 9.17) is 0 Å². The lowest BCUT2D eigenvalue weighted by atomic mass is 9.98. The first-order valence-corrected chi connectivity index (χ1v) is 8.29. The minimum absolute atomic E-state index is 0.299. The number of benzene rings is 3. The van der Waals surface area contributed by atoms with Crippen LogP contribution in [0.5, 0.6) is 0 Å². The highest BCUT2D eigenvalue weighted by molar-refractivity contribution is 9.10. The molecule has 0 heterocycles. The molecule has 0 spiro atoms. The Kier molecular flexibility index (Phi) is 5.06. The van der Waals surface area contributed by atoms with Crippen LogP contribution in [0.1, 0.15) is 27.5 Å². The fraction of sp³-hybridized carbons (Fsp3) is 0.0500. The van der Waals surface area contributed by atoms with Crippen LogP contribution >= 0.6 is 15.9 Å². The van der Waals surface area contributed by atoms with Crippen molar-refractivity contribution in [2.24, 2.45) is 0 Å². The highest BCUT2D eigenvalue weighted by Gasteiger charge is 2.18. The van der Waals surface area contributed by atoms with Gasteiger partial charge in [-0.15, -0.1) is 0 Å². The summed E-state index contributed by atoms with van der Waals surface area (Å²) in [5.41, 5.74) is 2.21. The molecule has 0 aliphatic carbocycles. The fourth-order valence-corrected chi connectivity index (χ4v) is 2.77. The van der Waals surface area contributed by atoms with Gasteiger partial charge in [0.15, 0.2) is 0 Å². The first-order chi connectivity index (χ1) is 11.6. The van der Waals surface area contributed by atoms with E-state index < -0.39 is 5.82 Å². The van der Waals surface area contributed by atoms with Crippen LogP contribution in [0.3, 0.4) is 0 Å². The van der Waals surface area contributed by atoms with Gasteiger partial charge in [0.1, 0.15) is 5.82 Å². The van der Waals surface area contributed by atoms with Crippen molar-refractivity contribution in [3.05, 3.63) is 106 Å². The van der Waals surface area contributed by atoms with Crippen LogP contribution in [0, 0.1) is 5.82 Å². The molecule has 1 amide bonds. The monoisotopic (exact) mass is 383 g/mol. The van der Waals surface area contributed by atoms with E-state index in [2.05, 4.69) is 21.2 Å². The number of amides is 1. The van der Waals surface area contributed by atoms with Gasteiger partial charge >= 0.3 is 0 Å². The Balaban J connectivity index is 1.93. The molecule has 3 rings (SSSR count). The maximum Gasteiger partial charge on any atom is 0.252 e. The van der Waals surface area contributed by atoms with E-state index in [0.29, 0.717) is 5.56 Å². The molecule has 0 radical (unpaired) electrons. The predicted octanol–water partition coefficient (Wildman–Crippen LogP) is 5.11.